The van der Waals surface area contributed by atoms with E-state index >= 15 is 0 Å². The van der Waals surface area contributed by atoms with Crippen molar-refractivity contribution >= 4 is 13.1 Å². The summed E-state index contributed by atoms with van der Waals surface area (Å²) < 4.78 is 18.2. The highest BCUT2D eigenvalue weighted by molar-refractivity contribution is 7.51. The fourth-order valence-electron chi connectivity index (χ4n) is 2.31. The molecule has 20 heavy (non-hydrogen) atoms. The summed E-state index contributed by atoms with van der Waals surface area (Å²) in [6.07, 6.45) is 3.19. The predicted octanol–water partition coefficient (Wildman–Crippen LogP) is 1.26. The molecule has 0 bridgehead atoms. The molecule has 3 rings (SSSR count). The Labute approximate surface area is 115 Å². The van der Waals surface area contributed by atoms with Gasteiger partial charge in [0.1, 0.15) is 12.7 Å². The van der Waals surface area contributed by atoms with Crippen LogP contribution in [0.2, 0.25) is 0 Å². The maximum absolute atomic E-state index is 10.9. The molecule has 2 aromatic heterocycles. The molecule has 1 saturated carbocycles. The average Bonchev–Trinajstić information content (AvgIpc) is 3.01. The van der Waals surface area contributed by atoms with Crippen molar-refractivity contribution in [1.29, 1.82) is 0 Å². The first-order chi connectivity index (χ1) is 9.39. The molecule has 1 fully saturated rings. The first-order valence-electron chi connectivity index (χ1n) is 6.35. The maximum Gasteiger partial charge on any atom is 0.351 e. The summed E-state index contributed by atoms with van der Waals surface area (Å²) >= 11 is 0. The van der Waals surface area contributed by atoms with Crippen LogP contribution in [-0.4, -0.2) is 36.3 Å². The minimum Gasteiger partial charge on any atom is -0.362 e. The third-order valence-corrected chi connectivity index (χ3v) is 4.04. The lowest BCUT2D eigenvalue weighted by Gasteiger charge is -2.16. The van der Waals surface area contributed by atoms with E-state index in [9.17, 15) is 4.57 Å². The Kier molecular flexibility index (Phi) is 3.17. The molecule has 7 nitrogen and oxygen atoms in total. The Morgan fingerprint density at radius 1 is 1.45 bits per heavy atom. The second kappa shape index (κ2) is 4.63. The molecule has 2 aromatic rings. The van der Waals surface area contributed by atoms with E-state index in [1.165, 1.54) is 6.33 Å². The molecule has 0 amide bonds. The van der Waals surface area contributed by atoms with Crippen LogP contribution in [-0.2, 0) is 15.7 Å². The van der Waals surface area contributed by atoms with Crippen molar-refractivity contribution in [2.24, 2.45) is 0 Å². The SMILES string of the molecule is Cc1ncnn2c(CC3(OCP(=O)(O)O)CC3)ccc12. The number of aromatic nitrogens is 3. The zero-order chi connectivity index (χ0) is 14.4. The molecular formula is C12H16N3O4P. The number of fused-ring (bicyclic) bond motifs is 1. The molecule has 108 valence electrons. The summed E-state index contributed by atoms with van der Waals surface area (Å²) in [5, 5.41) is 4.22. The summed E-state index contributed by atoms with van der Waals surface area (Å²) in [5.74, 6) is 0. The normalized spacial score (nSPS) is 17.6. The molecule has 0 saturated heterocycles. The van der Waals surface area contributed by atoms with Crippen molar-refractivity contribution < 1.29 is 19.1 Å². The van der Waals surface area contributed by atoms with Gasteiger partial charge < -0.3 is 14.5 Å². The lowest BCUT2D eigenvalue weighted by Crippen LogP contribution is -2.20. The molecule has 1 aliphatic carbocycles. The Hall–Kier alpha value is -1.27. The van der Waals surface area contributed by atoms with Crippen LogP contribution in [0.15, 0.2) is 18.5 Å². The summed E-state index contributed by atoms with van der Waals surface area (Å²) in [5.41, 5.74) is 2.35. The first-order valence-corrected chi connectivity index (χ1v) is 8.15. The van der Waals surface area contributed by atoms with Gasteiger partial charge >= 0.3 is 7.60 Å². The average molecular weight is 297 g/mol. The summed E-state index contributed by atoms with van der Waals surface area (Å²) in [6, 6.07) is 3.90. The zero-order valence-corrected chi connectivity index (χ0v) is 12.0. The van der Waals surface area contributed by atoms with E-state index in [2.05, 4.69) is 10.1 Å². The monoisotopic (exact) mass is 297 g/mol. The van der Waals surface area contributed by atoms with Crippen LogP contribution in [0.1, 0.15) is 24.2 Å². The predicted molar refractivity (Wildman–Crippen MR) is 71.4 cm³/mol. The number of aryl methyl sites for hydroxylation is 1. The molecule has 8 heteroatoms. The third kappa shape index (κ3) is 2.76. The summed E-state index contributed by atoms with van der Waals surface area (Å²) in [4.78, 5) is 21.9. The highest BCUT2D eigenvalue weighted by Gasteiger charge is 2.45. The van der Waals surface area contributed by atoms with E-state index < -0.39 is 19.5 Å². The van der Waals surface area contributed by atoms with E-state index in [0.717, 1.165) is 29.7 Å². The van der Waals surface area contributed by atoms with Gasteiger partial charge in [0.2, 0.25) is 0 Å². The van der Waals surface area contributed by atoms with Gasteiger partial charge in [0.15, 0.2) is 0 Å². The molecule has 2 N–H and O–H groups in total. The molecule has 2 heterocycles. The van der Waals surface area contributed by atoms with Gasteiger partial charge in [-0.2, -0.15) is 5.10 Å². The van der Waals surface area contributed by atoms with Crippen LogP contribution < -0.4 is 0 Å². The lowest BCUT2D eigenvalue weighted by molar-refractivity contribution is 0.0535. The Morgan fingerprint density at radius 2 is 2.20 bits per heavy atom. The fourth-order valence-corrected chi connectivity index (χ4v) is 2.75. The van der Waals surface area contributed by atoms with Gasteiger partial charge in [-0.1, -0.05) is 0 Å². The molecule has 0 aliphatic heterocycles. The van der Waals surface area contributed by atoms with Gasteiger partial charge in [-0.3, -0.25) is 4.57 Å². The van der Waals surface area contributed by atoms with Gasteiger partial charge in [-0.25, -0.2) is 9.50 Å². The minimum absolute atomic E-state index is 0.450. The van der Waals surface area contributed by atoms with Crippen molar-refractivity contribution in [3.63, 3.8) is 0 Å². The van der Waals surface area contributed by atoms with E-state index in [1.807, 2.05) is 23.6 Å². The van der Waals surface area contributed by atoms with E-state index in [0.29, 0.717) is 6.42 Å². The van der Waals surface area contributed by atoms with E-state index in [1.54, 1.807) is 0 Å². The number of rotatable bonds is 5. The first kappa shape index (κ1) is 13.7. The van der Waals surface area contributed by atoms with Gasteiger partial charge in [-0.15, -0.1) is 0 Å². The van der Waals surface area contributed by atoms with Crippen molar-refractivity contribution in [2.75, 3.05) is 6.35 Å². The Bertz CT molecular complexity index is 689. The van der Waals surface area contributed by atoms with Gasteiger partial charge in [-0.05, 0) is 31.9 Å². The standard InChI is InChI=1S/C12H16N3O4P/c1-9-11-3-2-10(15(11)14-7-13-9)6-12(4-5-12)19-8-20(16,17)18/h2-3,7H,4-6,8H2,1H3,(H2,16,17,18). The number of hydrogen-bond acceptors (Lipinski definition) is 4. The maximum atomic E-state index is 10.9. The Balaban J connectivity index is 1.80. The van der Waals surface area contributed by atoms with Crippen LogP contribution in [0.4, 0.5) is 0 Å². The zero-order valence-electron chi connectivity index (χ0n) is 11.1. The molecular weight excluding hydrogens is 281 g/mol. The molecule has 0 spiro atoms. The summed E-state index contributed by atoms with van der Waals surface area (Å²) in [7, 11) is -4.12. The summed E-state index contributed by atoms with van der Waals surface area (Å²) in [6.45, 7) is 1.91. The molecule has 0 aromatic carbocycles. The smallest absolute Gasteiger partial charge is 0.351 e. The van der Waals surface area contributed by atoms with Crippen molar-refractivity contribution in [3.8, 4) is 0 Å². The fraction of sp³-hybridized carbons (Fsp3) is 0.500. The van der Waals surface area contributed by atoms with Gasteiger partial charge in [0.05, 0.1) is 16.8 Å². The van der Waals surface area contributed by atoms with Crippen LogP contribution in [0.3, 0.4) is 0 Å². The number of nitrogens with zero attached hydrogens (tertiary/aromatic N) is 3. The largest absolute Gasteiger partial charge is 0.362 e. The number of hydrogen-bond donors (Lipinski definition) is 2. The van der Waals surface area contributed by atoms with Gasteiger partial charge in [0.25, 0.3) is 0 Å². The van der Waals surface area contributed by atoms with Crippen LogP contribution >= 0.6 is 7.60 Å². The number of ether oxygens (including phenoxy) is 1. The van der Waals surface area contributed by atoms with Crippen LogP contribution in [0, 0.1) is 6.92 Å². The van der Waals surface area contributed by atoms with Gasteiger partial charge in [0, 0.05) is 12.1 Å². The molecule has 0 unspecified atom stereocenters. The quantitative estimate of drug-likeness (QED) is 0.807. The van der Waals surface area contributed by atoms with Crippen LogP contribution in [0.25, 0.3) is 5.52 Å². The van der Waals surface area contributed by atoms with E-state index in [4.69, 9.17) is 14.5 Å². The second-order valence-corrected chi connectivity index (χ2v) is 6.85. The highest BCUT2D eigenvalue weighted by atomic mass is 31.2. The molecule has 0 atom stereocenters. The molecule has 0 radical (unpaired) electrons. The van der Waals surface area contributed by atoms with E-state index in [-0.39, 0.29) is 0 Å². The highest BCUT2D eigenvalue weighted by Crippen LogP contribution is 2.46. The van der Waals surface area contributed by atoms with Crippen molar-refractivity contribution in [3.05, 3.63) is 29.8 Å². The van der Waals surface area contributed by atoms with Crippen LogP contribution in [0.5, 0.6) is 0 Å². The topological polar surface area (TPSA) is 97.0 Å². The van der Waals surface area contributed by atoms with Crippen molar-refractivity contribution in [1.82, 2.24) is 14.6 Å². The molecule has 1 aliphatic rings. The second-order valence-electron chi connectivity index (χ2n) is 5.27. The Morgan fingerprint density at radius 3 is 2.85 bits per heavy atom. The van der Waals surface area contributed by atoms with Crippen molar-refractivity contribution in [2.45, 2.75) is 31.8 Å². The lowest BCUT2D eigenvalue weighted by atomic mass is 10.2. The third-order valence-electron chi connectivity index (χ3n) is 3.57. The minimum atomic E-state index is -4.12.